The van der Waals surface area contributed by atoms with E-state index in [1.54, 1.807) is 0 Å². The first-order valence-corrected chi connectivity index (χ1v) is 7.36. The number of hydrogen-bond acceptors (Lipinski definition) is 4. The van der Waals surface area contributed by atoms with Gasteiger partial charge in [-0.1, -0.05) is 0 Å². The van der Waals surface area contributed by atoms with Gasteiger partial charge >= 0.3 is 0 Å². The van der Waals surface area contributed by atoms with Crippen molar-refractivity contribution in [2.75, 3.05) is 31.6 Å². The lowest BCUT2D eigenvalue weighted by molar-refractivity contribution is 0.233. The SMILES string of the molecule is CC1CN(c2nc3c(cc2CN)CCC3)CCN1C. The Balaban J connectivity index is 1.91. The monoisotopic (exact) mass is 260 g/mol. The highest BCUT2D eigenvalue weighted by Crippen LogP contribution is 2.28. The molecule has 0 aromatic carbocycles. The van der Waals surface area contributed by atoms with Gasteiger partial charge in [-0.2, -0.15) is 0 Å². The lowest BCUT2D eigenvalue weighted by Gasteiger charge is -2.39. The minimum absolute atomic E-state index is 0.578. The van der Waals surface area contributed by atoms with E-state index in [-0.39, 0.29) is 0 Å². The summed E-state index contributed by atoms with van der Waals surface area (Å²) in [5.41, 5.74) is 9.88. The molecule has 0 saturated carbocycles. The van der Waals surface area contributed by atoms with E-state index in [0.29, 0.717) is 12.6 Å². The van der Waals surface area contributed by atoms with E-state index in [0.717, 1.165) is 31.9 Å². The average molecular weight is 260 g/mol. The van der Waals surface area contributed by atoms with E-state index in [1.165, 1.54) is 29.7 Å². The van der Waals surface area contributed by atoms with Crippen LogP contribution in [0.4, 0.5) is 5.82 Å². The summed E-state index contributed by atoms with van der Waals surface area (Å²) in [6.07, 6.45) is 3.56. The summed E-state index contributed by atoms with van der Waals surface area (Å²) >= 11 is 0. The third-order valence-electron chi connectivity index (χ3n) is 4.59. The van der Waals surface area contributed by atoms with Crippen LogP contribution in [0.5, 0.6) is 0 Å². The van der Waals surface area contributed by atoms with Crippen LogP contribution in [-0.2, 0) is 19.4 Å². The summed E-state index contributed by atoms with van der Waals surface area (Å²) in [6, 6.07) is 2.88. The maximum absolute atomic E-state index is 5.94. The van der Waals surface area contributed by atoms with Gasteiger partial charge in [-0.15, -0.1) is 0 Å². The third kappa shape index (κ3) is 2.35. The highest BCUT2D eigenvalue weighted by Gasteiger charge is 2.25. The number of nitrogens with zero attached hydrogens (tertiary/aromatic N) is 3. The fourth-order valence-corrected chi connectivity index (χ4v) is 3.17. The highest BCUT2D eigenvalue weighted by molar-refractivity contribution is 5.51. The van der Waals surface area contributed by atoms with Crippen LogP contribution < -0.4 is 10.6 Å². The molecular formula is C15H24N4. The van der Waals surface area contributed by atoms with Crippen molar-refractivity contribution >= 4 is 5.82 Å². The first-order valence-electron chi connectivity index (χ1n) is 7.36. The average Bonchev–Trinajstić information content (AvgIpc) is 2.87. The van der Waals surface area contributed by atoms with Crippen molar-refractivity contribution in [1.29, 1.82) is 0 Å². The molecule has 0 bridgehead atoms. The Labute approximate surface area is 115 Å². The van der Waals surface area contributed by atoms with Gasteiger partial charge in [0.15, 0.2) is 0 Å². The minimum Gasteiger partial charge on any atom is -0.353 e. The molecule has 1 aromatic heterocycles. The normalized spacial score (nSPS) is 23.7. The van der Waals surface area contributed by atoms with Crippen LogP contribution in [0, 0.1) is 0 Å². The van der Waals surface area contributed by atoms with Crippen molar-refractivity contribution in [3.8, 4) is 0 Å². The fraction of sp³-hybridized carbons (Fsp3) is 0.667. The van der Waals surface area contributed by atoms with Crippen LogP contribution in [0.3, 0.4) is 0 Å². The number of piperazine rings is 1. The zero-order valence-electron chi connectivity index (χ0n) is 12.0. The molecule has 4 nitrogen and oxygen atoms in total. The van der Waals surface area contributed by atoms with E-state index in [9.17, 15) is 0 Å². The highest BCUT2D eigenvalue weighted by atomic mass is 15.3. The van der Waals surface area contributed by atoms with Gasteiger partial charge in [-0.3, -0.25) is 0 Å². The first-order chi connectivity index (χ1) is 9.19. The van der Waals surface area contributed by atoms with Gasteiger partial charge in [0.2, 0.25) is 0 Å². The predicted octanol–water partition coefficient (Wildman–Crippen LogP) is 1.17. The molecule has 3 rings (SSSR count). The molecule has 104 valence electrons. The smallest absolute Gasteiger partial charge is 0.133 e. The van der Waals surface area contributed by atoms with Crippen LogP contribution >= 0.6 is 0 Å². The fourth-order valence-electron chi connectivity index (χ4n) is 3.17. The maximum Gasteiger partial charge on any atom is 0.133 e. The molecule has 1 aliphatic heterocycles. The Morgan fingerprint density at radius 1 is 1.37 bits per heavy atom. The number of pyridine rings is 1. The topological polar surface area (TPSA) is 45.4 Å². The van der Waals surface area contributed by atoms with Crippen molar-refractivity contribution in [2.45, 2.75) is 38.8 Å². The Hall–Kier alpha value is -1.13. The molecule has 2 heterocycles. The Morgan fingerprint density at radius 3 is 2.95 bits per heavy atom. The second-order valence-corrected chi connectivity index (χ2v) is 5.91. The lowest BCUT2D eigenvalue weighted by Crippen LogP contribution is -2.50. The Kier molecular flexibility index (Phi) is 3.46. The van der Waals surface area contributed by atoms with E-state index < -0.39 is 0 Å². The van der Waals surface area contributed by atoms with Gasteiger partial charge in [0, 0.05) is 43.5 Å². The van der Waals surface area contributed by atoms with Crippen molar-refractivity contribution in [3.63, 3.8) is 0 Å². The zero-order chi connectivity index (χ0) is 13.4. The molecule has 4 heteroatoms. The molecule has 19 heavy (non-hydrogen) atoms. The third-order valence-corrected chi connectivity index (χ3v) is 4.59. The molecule has 1 aliphatic carbocycles. The number of aryl methyl sites for hydroxylation is 2. The molecule has 1 fully saturated rings. The summed E-state index contributed by atoms with van der Waals surface area (Å²) in [4.78, 5) is 9.77. The van der Waals surface area contributed by atoms with Gasteiger partial charge in [0.25, 0.3) is 0 Å². The second kappa shape index (κ2) is 5.10. The number of anilines is 1. The molecule has 1 unspecified atom stereocenters. The van der Waals surface area contributed by atoms with Crippen LogP contribution in [0.2, 0.25) is 0 Å². The molecule has 0 amide bonds. The van der Waals surface area contributed by atoms with Crippen LogP contribution in [0.1, 0.15) is 30.2 Å². The minimum atomic E-state index is 0.578. The summed E-state index contributed by atoms with van der Waals surface area (Å²) in [6.45, 7) is 6.08. The molecule has 1 saturated heterocycles. The van der Waals surface area contributed by atoms with Crippen LogP contribution in [-0.4, -0.2) is 42.6 Å². The largest absolute Gasteiger partial charge is 0.353 e. The number of rotatable bonds is 2. The summed E-state index contributed by atoms with van der Waals surface area (Å²) in [5, 5.41) is 0. The standard InChI is InChI=1S/C15H24N4/c1-11-10-19(7-6-18(11)2)15-13(9-16)8-12-4-3-5-14(12)17-15/h8,11H,3-7,9-10,16H2,1-2H3. The van der Waals surface area contributed by atoms with Crippen LogP contribution in [0.15, 0.2) is 6.07 Å². The molecule has 2 aliphatic rings. The van der Waals surface area contributed by atoms with Gasteiger partial charge in [-0.25, -0.2) is 4.98 Å². The maximum atomic E-state index is 5.94. The molecule has 1 aromatic rings. The van der Waals surface area contributed by atoms with Gasteiger partial charge in [-0.05, 0) is 44.9 Å². The molecule has 0 radical (unpaired) electrons. The molecule has 2 N–H and O–H groups in total. The quantitative estimate of drug-likeness (QED) is 0.867. The molecular weight excluding hydrogens is 236 g/mol. The van der Waals surface area contributed by atoms with E-state index >= 15 is 0 Å². The Morgan fingerprint density at radius 2 is 2.21 bits per heavy atom. The number of hydrogen-bond donors (Lipinski definition) is 1. The van der Waals surface area contributed by atoms with Gasteiger partial charge in [0.05, 0.1) is 0 Å². The summed E-state index contributed by atoms with van der Waals surface area (Å²) < 4.78 is 0. The van der Waals surface area contributed by atoms with Crippen molar-refractivity contribution in [2.24, 2.45) is 5.73 Å². The van der Waals surface area contributed by atoms with Crippen LogP contribution in [0.25, 0.3) is 0 Å². The second-order valence-electron chi connectivity index (χ2n) is 5.91. The Bertz CT molecular complexity index is 471. The lowest BCUT2D eigenvalue weighted by atomic mass is 10.1. The number of nitrogens with two attached hydrogens (primary N) is 1. The van der Waals surface area contributed by atoms with Crippen molar-refractivity contribution < 1.29 is 0 Å². The van der Waals surface area contributed by atoms with Gasteiger partial charge < -0.3 is 15.5 Å². The number of aromatic nitrogens is 1. The molecule has 1 atom stereocenters. The van der Waals surface area contributed by atoms with E-state index in [4.69, 9.17) is 10.7 Å². The predicted molar refractivity (Wildman–Crippen MR) is 78.5 cm³/mol. The molecule has 0 spiro atoms. The first kappa shape index (κ1) is 12.9. The van der Waals surface area contributed by atoms with Gasteiger partial charge in [0.1, 0.15) is 5.82 Å². The van der Waals surface area contributed by atoms with E-state index in [2.05, 4.69) is 29.8 Å². The number of likely N-dealkylation sites (N-methyl/N-ethyl adjacent to an activating group) is 1. The summed E-state index contributed by atoms with van der Waals surface area (Å²) in [7, 11) is 2.20. The summed E-state index contributed by atoms with van der Waals surface area (Å²) in [5.74, 6) is 1.14. The van der Waals surface area contributed by atoms with E-state index in [1.807, 2.05) is 0 Å². The number of fused-ring (bicyclic) bond motifs is 1. The van der Waals surface area contributed by atoms with Crippen molar-refractivity contribution in [1.82, 2.24) is 9.88 Å². The zero-order valence-corrected chi connectivity index (χ0v) is 12.0. The van der Waals surface area contributed by atoms with Crippen molar-refractivity contribution in [3.05, 3.63) is 22.9 Å².